The summed E-state index contributed by atoms with van der Waals surface area (Å²) in [7, 11) is 0. The van der Waals surface area contributed by atoms with Crippen LogP contribution < -0.4 is 16.4 Å². The van der Waals surface area contributed by atoms with Gasteiger partial charge in [0.25, 0.3) is 0 Å². The van der Waals surface area contributed by atoms with Gasteiger partial charge in [0.15, 0.2) is 0 Å². The average Bonchev–Trinajstić information content (AvgIpc) is 3.01. The van der Waals surface area contributed by atoms with E-state index < -0.39 is 0 Å². The molecule has 1 amide bonds. The highest BCUT2D eigenvalue weighted by Gasteiger charge is 2.16. The number of hydrogen-bond donors (Lipinski definition) is 3. The maximum absolute atomic E-state index is 12.0. The van der Waals surface area contributed by atoms with Gasteiger partial charge in [-0.2, -0.15) is 16.9 Å². The van der Waals surface area contributed by atoms with Gasteiger partial charge in [0.05, 0.1) is 11.4 Å². The highest BCUT2D eigenvalue weighted by atomic mass is 32.2. The summed E-state index contributed by atoms with van der Waals surface area (Å²) < 4.78 is 1.75. The number of nitrogen functional groups attached to an aromatic ring is 1. The van der Waals surface area contributed by atoms with Crippen LogP contribution in [0.2, 0.25) is 0 Å². The van der Waals surface area contributed by atoms with Crippen molar-refractivity contribution in [1.29, 1.82) is 0 Å². The van der Waals surface area contributed by atoms with Crippen molar-refractivity contribution in [2.75, 3.05) is 30.3 Å². The summed E-state index contributed by atoms with van der Waals surface area (Å²) in [6.45, 7) is 1.66. The van der Waals surface area contributed by atoms with E-state index in [2.05, 4.69) is 15.7 Å². The first-order valence-electron chi connectivity index (χ1n) is 8.70. The molecule has 1 aromatic heterocycles. The van der Waals surface area contributed by atoms with Crippen LogP contribution in [0, 0.1) is 0 Å². The number of aromatic nitrogens is 2. The monoisotopic (exact) mass is 359 g/mol. The van der Waals surface area contributed by atoms with Gasteiger partial charge in [-0.1, -0.05) is 18.2 Å². The molecule has 2 aromatic rings. The van der Waals surface area contributed by atoms with Crippen LogP contribution in [0.15, 0.2) is 36.4 Å². The van der Waals surface area contributed by atoms with Gasteiger partial charge < -0.3 is 16.4 Å². The number of benzene rings is 1. The zero-order chi connectivity index (χ0) is 17.5. The fourth-order valence-electron chi connectivity index (χ4n) is 2.89. The van der Waals surface area contributed by atoms with Crippen molar-refractivity contribution in [2.45, 2.75) is 25.3 Å². The number of carbonyl (C=O) groups is 1. The minimum Gasteiger partial charge on any atom is -0.384 e. The van der Waals surface area contributed by atoms with Crippen LogP contribution in [0.3, 0.4) is 0 Å². The molecule has 6 nitrogen and oxygen atoms in total. The predicted molar refractivity (Wildman–Crippen MR) is 103 cm³/mol. The van der Waals surface area contributed by atoms with E-state index in [1.54, 1.807) is 4.68 Å². The highest BCUT2D eigenvalue weighted by molar-refractivity contribution is 7.99. The van der Waals surface area contributed by atoms with Crippen molar-refractivity contribution in [1.82, 2.24) is 20.4 Å². The van der Waals surface area contributed by atoms with Gasteiger partial charge in [0, 0.05) is 43.1 Å². The minimum absolute atomic E-state index is 0.120. The lowest BCUT2D eigenvalue weighted by Gasteiger charge is -2.22. The van der Waals surface area contributed by atoms with Crippen LogP contribution in [-0.4, -0.2) is 46.3 Å². The van der Waals surface area contributed by atoms with E-state index >= 15 is 0 Å². The molecule has 7 heteroatoms. The maximum Gasteiger partial charge on any atom is 0.221 e. The Hall–Kier alpha value is -1.99. The molecule has 0 saturated carbocycles. The number of carbonyl (C=O) groups excluding carboxylic acids is 1. The molecule has 1 atom stereocenters. The zero-order valence-electron chi connectivity index (χ0n) is 14.3. The summed E-state index contributed by atoms with van der Waals surface area (Å²) >= 11 is 1.91. The molecule has 134 valence electrons. The van der Waals surface area contributed by atoms with Crippen molar-refractivity contribution in [3.63, 3.8) is 0 Å². The number of nitrogens with zero attached hydrogens (tertiary/aromatic N) is 2. The van der Waals surface area contributed by atoms with Gasteiger partial charge in [-0.05, 0) is 25.0 Å². The number of hydrogen-bond acceptors (Lipinski definition) is 5. The first-order valence-corrected chi connectivity index (χ1v) is 9.85. The van der Waals surface area contributed by atoms with Gasteiger partial charge in [0.1, 0.15) is 5.82 Å². The van der Waals surface area contributed by atoms with E-state index in [0.29, 0.717) is 24.8 Å². The summed E-state index contributed by atoms with van der Waals surface area (Å²) in [5.41, 5.74) is 7.95. The standard InChI is InChI=1S/C18H25N5OS/c19-17-11-14(22-23(17)16-6-2-1-3-7-16)5-4-8-21-18(24)12-15-13-25-10-9-20-15/h1-3,6-7,11,15,20H,4-5,8-10,12-13,19H2,(H,21,24). The third kappa shape index (κ3) is 5.24. The number of thioether (sulfide) groups is 1. The Bertz CT molecular complexity index is 682. The molecule has 1 unspecified atom stereocenters. The lowest BCUT2D eigenvalue weighted by molar-refractivity contribution is -0.121. The van der Waals surface area contributed by atoms with Crippen LogP contribution in [0.1, 0.15) is 18.5 Å². The molecule has 1 fully saturated rings. The molecule has 1 aliphatic heterocycles. The fraction of sp³-hybridized carbons (Fsp3) is 0.444. The summed E-state index contributed by atoms with van der Waals surface area (Å²) in [5.74, 6) is 2.90. The topological polar surface area (TPSA) is 85.0 Å². The second-order valence-corrected chi connectivity index (χ2v) is 7.34. The normalized spacial score (nSPS) is 17.4. The summed E-state index contributed by atoms with van der Waals surface area (Å²) in [5, 5.41) is 10.9. The quantitative estimate of drug-likeness (QED) is 0.654. The maximum atomic E-state index is 12.0. The Kier molecular flexibility index (Phi) is 6.36. The van der Waals surface area contributed by atoms with E-state index in [1.165, 1.54) is 0 Å². The molecular formula is C18H25N5OS. The summed E-state index contributed by atoms with van der Waals surface area (Å²) in [6, 6.07) is 12.1. The molecule has 1 aromatic carbocycles. The predicted octanol–water partition coefficient (Wildman–Crippen LogP) is 1.60. The van der Waals surface area contributed by atoms with Crippen LogP contribution in [0.4, 0.5) is 5.82 Å². The Labute approximate surface area is 152 Å². The Morgan fingerprint density at radius 2 is 2.24 bits per heavy atom. The fourth-order valence-corrected chi connectivity index (χ4v) is 3.84. The lowest BCUT2D eigenvalue weighted by Crippen LogP contribution is -2.41. The van der Waals surface area contributed by atoms with Gasteiger partial charge in [-0.3, -0.25) is 4.79 Å². The van der Waals surface area contributed by atoms with Gasteiger partial charge in [0.2, 0.25) is 5.91 Å². The number of nitrogens with one attached hydrogen (secondary N) is 2. The molecule has 25 heavy (non-hydrogen) atoms. The molecule has 4 N–H and O–H groups in total. The van der Waals surface area contributed by atoms with E-state index in [0.717, 1.165) is 42.3 Å². The van der Waals surface area contributed by atoms with E-state index in [4.69, 9.17) is 5.73 Å². The number of nitrogens with two attached hydrogens (primary N) is 1. The number of para-hydroxylation sites is 1. The Balaban J connectivity index is 1.41. The van der Waals surface area contributed by atoms with Crippen molar-refractivity contribution in [2.24, 2.45) is 0 Å². The molecule has 0 radical (unpaired) electrons. The number of rotatable bonds is 7. The number of anilines is 1. The molecule has 2 heterocycles. The SMILES string of the molecule is Nc1cc(CCCNC(=O)CC2CSCCN2)nn1-c1ccccc1. The largest absolute Gasteiger partial charge is 0.384 e. The van der Waals surface area contributed by atoms with Crippen molar-refractivity contribution in [3.8, 4) is 5.69 Å². The Morgan fingerprint density at radius 3 is 3.00 bits per heavy atom. The second kappa shape index (κ2) is 8.92. The highest BCUT2D eigenvalue weighted by Crippen LogP contribution is 2.15. The minimum atomic E-state index is 0.120. The van der Waals surface area contributed by atoms with E-state index in [1.807, 2.05) is 48.2 Å². The van der Waals surface area contributed by atoms with Crippen molar-refractivity contribution in [3.05, 3.63) is 42.1 Å². The second-order valence-electron chi connectivity index (χ2n) is 6.19. The van der Waals surface area contributed by atoms with Crippen LogP contribution in [0.5, 0.6) is 0 Å². The van der Waals surface area contributed by atoms with E-state index in [-0.39, 0.29) is 5.91 Å². The molecule has 1 aliphatic rings. The van der Waals surface area contributed by atoms with Gasteiger partial charge in [-0.15, -0.1) is 0 Å². The number of amides is 1. The first-order chi connectivity index (χ1) is 12.2. The summed E-state index contributed by atoms with van der Waals surface area (Å²) in [4.78, 5) is 12.0. The van der Waals surface area contributed by atoms with Gasteiger partial charge >= 0.3 is 0 Å². The van der Waals surface area contributed by atoms with Crippen molar-refractivity contribution >= 4 is 23.5 Å². The smallest absolute Gasteiger partial charge is 0.221 e. The molecule has 3 rings (SSSR count). The molecule has 0 spiro atoms. The average molecular weight is 359 g/mol. The molecule has 1 saturated heterocycles. The zero-order valence-corrected chi connectivity index (χ0v) is 15.1. The summed E-state index contributed by atoms with van der Waals surface area (Å²) in [6.07, 6.45) is 2.20. The van der Waals surface area contributed by atoms with Crippen LogP contribution in [-0.2, 0) is 11.2 Å². The van der Waals surface area contributed by atoms with Crippen molar-refractivity contribution < 1.29 is 4.79 Å². The van der Waals surface area contributed by atoms with Crippen LogP contribution >= 0.6 is 11.8 Å². The van der Waals surface area contributed by atoms with Gasteiger partial charge in [-0.25, -0.2) is 4.68 Å². The third-order valence-electron chi connectivity index (χ3n) is 4.15. The first kappa shape index (κ1) is 17.8. The number of aryl methyl sites for hydroxylation is 1. The van der Waals surface area contributed by atoms with Crippen LogP contribution in [0.25, 0.3) is 5.69 Å². The van der Waals surface area contributed by atoms with E-state index in [9.17, 15) is 4.79 Å². The molecule has 0 bridgehead atoms. The lowest BCUT2D eigenvalue weighted by atomic mass is 10.2. The Morgan fingerprint density at radius 1 is 1.40 bits per heavy atom. The molecule has 0 aliphatic carbocycles. The molecular weight excluding hydrogens is 334 g/mol. The third-order valence-corrected chi connectivity index (χ3v) is 5.28.